The fraction of sp³-hybridized carbons (Fsp3) is 0.909. The standard InChI is InChI=1S/C11H22N2O4S/c1-2-3-5-8-12-18(16,17)13-9-6-4-7-10(13)11(14)15/h10,12H,2-9H2,1H3,(H,14,15). The topological polar surface area (TPSA) is 86.7 Å². The second-order valence-corrected chi connectivity index (χ2v) is 6.27. The molecule has 1 rings (SSSR count). The third-order valence-corrected chi connectivity index (χ3v) is 4.74. The smallest absolute Gasteiger partial charge is 0.322 e. The van der Waals surface area contributed by atoms with E-state index < -0.39 is 22.2 Å². The summed E-state index contributed by atoms with van der Waals surface area (Å²) in [5, 5.41) is 9.05. The van der Waals surface area contributed by atoms with E-state index >= 15 is 0 Å². The molecular formula is C11H22N2O4S. The molecule has 7 heteroatoms. The maximum Gasteiger partial charge on any atom is 0.322 e. The first-order chi connectivity index (χ1) is 8.49. The van der Waals surface area contributed by atoms with Crippen molar-refractivity contribution in [3.05, 3.63) is 0 Å². The minimum absolute atomic E-state index is 0.292. The van der Waals surface area contributed by atoms with Crippen LogP contribution in [0.15, 0.2) is 0 Å². The first kappa shape index (κ1) is 15.4. The second-order valence-electron chi connectivity index (χ2n) is 4.57. The summed E-state index contributed by atoms with van der Waals surface area (Å²) in [6, 6.07) is -0.914. The SMILES string of the molecule is CCCCCNS(=O)(=O)N1CCCCC1C(=O)O. The third-order valence-electron chi connectivity index (χ3n) is 3.11. The number of carboxylic acid groups (broad SMARTS) is 1. The summed E-state index contributed by atoms with van der Waals surface area (Å²) >= 11 is 0. The monoisotopic (exact) mass is 278 g/mol. The van der Waals surface area contributed by atoms with Gasteiger partial charge < -0.3 is 5.11 Å². The van der Waals surface area contributed by atoms with Crippen molar-refractivity contribution in [2.45, 2.75) is 51.5 Å². The molecule has 1 atom stereocenters. The van der Waals surface area contributed by atoms with Crippen molar-refractivity contribution in [2.24, 2.45) is 0 Å². The van der Waals surface area contributed by atoms with Gasteiger partial charge in [0.15, 0.2) is 0 Å². The van der Waals surface area contributed by atoms with Crippen LogP contribution in [0.3, 0.4) is 0 Å². The van der Waals surface area contributed by atoms with E-state index in [1.807, 2.05) is 6.92 Å². The lowest BCUT2D eigenvalue weighted by molar-refractivity contribution is -0.142. The Morgan fingerprint density at radius 1 is 1.39 bits per heavy atom. The number of hydrogen-bond donors (Lipinski definition) is 2. The number of unbranched alkanes of at least 4 members (excludes halogenated alkanes) is 2. The van der Waals surface area contributed by atoms with Crippen molar-refractivity contribution in [2.75, 3.05) is 13.1 Å². The van der Waals surface area contributed by atoms with Gasteiger partial charge in [-0.1, -0.05) is 19.8 Å². The number of nitrogens with zero attached hydrogens (tertiary/aromatic N) is 1. The van der Waals surface area contributed by atoms with Crippen LogP contribution in [-0.4, -0.2) is 42.9 Å². The molecule has 0 spiro atoms. The predicted octanol–water partition coefficient (Wildman–Crippen LogP) is 0.950. The molecule has 6 nitrogen and oxygen atoms in total. The minimum atomic E-state index is -3.66. The van der Waals surface area contributed by atoms with Gasteiger partial charge in [0.05, 0.1) is 0 Å². The Balaban J connectivity index is 2.60. The maximum absolute atomic E-state index is 12.0. The van der Waals surface area contributed by atoms with Crippen molar-refractivity contribution in [1.29, 1.82) is 0 Å². The fourth-order valence-electron chi connectivity index (χ4n) is 2.10. The molecule has 1 heterocycles. The zero-order chi connectivity index (χ0) is 13.6. The van der Waals surface area contributed by atoms with Crippen molar-refractivity contribution in [3.8, 4) is 0 Å². The zero-order valence-electron chi connectivity index (χ0n) is 10.8. The molecule has 1 saturated heterocycles. The lowest BCUT2D eigenvalue weighted by Crippen LogP contribution is -2.52. The van der Waals surface area contributed by atoms with Crippen LogP contribution < -0.4 is 4.72 Å². The highest BCUT2D eigenvalue weighted by molar-refractivity contribution is 7.87. The first-order valence-electron chi connectivity index (χ1n) is 6.48. The lowest BCUT2D eigenvalue weighted by Gasteiger charge is -2.31. The van der Waals surface area contributed by atoms with Gasteiger partial charge in [0.25, 0.3) is 10.2 Å². The molecule has 1 aliphatic rings. The average molecular weight is 278 g/mol. The third kappa shape index (κ3) is 4.22. The summed E-state index contributed by atoms with van der Waals surface area (Å²) in [5.41, 5.74) is 0. The molecule has 106 valence electrons. The van der Waals surface area contributed by atoms with Crippen molar-refractivity contribution >= 4 is 16.2 Å². The number of aliphatic carboxylic acids is 1. The molecule has 0 radical (unpaired) electrons. The van der Waals surface area contributed by atoms with Gasteiger partial charge in [-0.3, -0.25) is 4.79 Å². The van der Waals surface area contributed by atoms with Crippen molar-refractivity contribution in [3.63, 3.8) is 0 Å². The lowest BCUT2D eigenvalue weighted by atomic mass is 10.1. The van der Waals surface area contributed by atoms with Crippen LogP contribution in [0.1, 0.15) is 45.4 Å². The summed E-state index contributed by atoms with van der Waals surface area (Å²) in [6.07, 6.45) is 4.64. The first-order valence-corrected chi connectivity index (χ1v) is 7.92. The van der Waals surface area contributed by atoms with E-state index in [4.69, 9.17) is 5.11 Å². The molecule has 1 fully saturated rings. The van der Waals surface area contributed by atoms with Gasteiger partial charge in [-0.15, -0.1) is 0 Å². The summed E-state index contributed by atoms with van der Waals surface area (Å²) < 4.78 is 27.6. The van der Waals surface area contributed by atoms with Gasteiger partial charge in [0.2, 0.25) is 0 Å². The number of nitrogens with one attached hydrogen (secondary N) is 1. The number of carbonyl (C=O) groups is 1. The molecule has 0 saturated carbocycles. The minimum Gasteiger partial charge on any atom is -0.480 e. The van der Waals surface area contributed by atoms with Crippen LogP contribution in [0.5, 0.6) is 0 Å². The number of rotatable bonds is 7. The van der Waals surface area contributed by atoms with Gasteiger partial charge >= 0.3 is 5.97 Å². The van der Waals surface area contributed by atoms with Crippen molar-refractivity contribution in [1.82, 2.24) is 9.03 Å². The Kier molecular flexibility index (Phi) is 6.04. The molecule has 0 bridgehead atoms. The van der Waals surface area contributed by atoms with E-state index in [1.165, 1.54) is 0 Å². The largest absolute Gasteiger partial charge is 0.480 e. The second kappa shape index (κ2) is 7.06. The average Bonchev–Trinajstić information content (AvgIpc) is 2.35. The molecule has 0 aromatic heterocycles. The van der Waals surface area contributed by atoms with Crippen LogP contribution in [0.2, 0.25) is 0 Å². The molecule has 1 unspecified atom stereocenters. The van der Waals surface area contributed by atoms with Crippen LogP contribution >= 0.6 is 0 Å². The van der Waals surface area contributed by atoms with E-state index in [0.29, 0.717) is 19.5 Å². The predicted molar refractivity (Wildman–Crippen MR) is 68.4 cm³/mol. The highest BCUT2D eigenvalue weighted by Gasteiger charge is 2.36. The van der Waals surface area contributed by atoms with Gasteiger partial charge in [-0.05, 0) is 25.7 Å². The summed E-state index contributed by atoms with van der Waals surface area (Å²) in [5.74, 6) is -1.06. The van der Waals surface area contributed by atoms with E-state index in [0.717, 1.165) is 36.4 Å². The van der Waals surface area contributed by atoms with E-state index in [2.05, 4.69) is 4.72 Å². The Hall–Kier alpha value is -0.660. The number of piperidine rings is 1. The Bertz CT molecular complexity index is 369. The fourth-order valence-corrected chi connectivity index (χ4v) is 3.57. The number of hydrogen-bond acceptors (Lipinski definition) is 3. The van der Waals surface area contributed by atoms with Crippen LogP contribution in [0, 0.1) is 0 Å². The summed E-state index contributed by atoms with van der Waals surface area (Å²) in [6.45, 7) is 2.71. The van der Waals surface area contributed by atoms with Gasteiger partial charge in [-0.25, -0.2) is 4.72 Å². The maximum atomic E-state index is 12.0. The van der Waals surface area contributed by atoms with Gasteiger partial charge in [0, 0.05) is 13.1 Å². The summed E-state index contributed by atoms with van der Waals surface area (Å²) in [4.78, 5) is 11.1. The van der Waals surface area contributed by atoms with Crippen LogP contribution in [-0.2, 0) is 15.0 Å². The number of carboxylic acids is 1. The van der Waals surface area contributed by atoms with E-state index in [-0.39, 0.29) is 0 Å². The Labute approximate surface area is 109 Å². The van der Waals surface area contributed by atoms with Crippen LogP contribution in [0.4, 0.5) is 0 Å². The van der Waals surface area contributed by atoms with Gasteiger partial charge in [0.1, 0.15) is 6.04 Å². The normalized spacial score (nSPS) is 21.9. The van der Waals surface area contributed by atoms with Crippen molar-refractivity contribution < 1.29 is 18.3 Å². The molecule has 0 amide bonds. The highest BCUT2D eigenvalue weighted by Crippen LogP contribution is 2.19. The molecule has 0 aliphatic carbocycles. The molecule has 0 aromatic rings. The molecular weight excluding hydrogens is 256 g/mol. The highest BCUT2D eigenvalue weighted by atomic mass is 32.2. The Morgan fingerprint density at radius 3 is 2.72 bits per heavy atom. The zero-order valence-corrected chi connectivity index (χ0v) is 11.6. The van der Waals surface area contributed by atoms with E-state index in [9.17, 15) is 13.2 Å². The summed E-state index contributed by atoms with van der Waals surface area (Å²) in [7, 11) is -3.66. The quantitative estimate of drug-likeness (QED) is 0.679. The molecule has 1 aliphatic heterocycles. The molecule has 0 aromatic carbocycles. The van der Waals surface area contributed by atoms with E-state index in [1.54, 1.807) is 0 Å². The van der Waals surface area contributed by atoms with Crippen LogP contribution in [0.25, 0.3) is 0 Å². The van der Waals surface area contributed by atoms with Gasteiger partial charge in [-0.2, -0.15) is 12.7 Å². The molecule has 18 heavy (non-hydrogen) atoms. The molecule has 2 N–H and O–H groups in total. The Morgan fingerprint density at radius 2 is 2.11 bits per heavy atom.